The molecule has 0 unspecified atom stereocenters. The van der Waals surface area contributed by atoms with E-state index in [0.29, 0.717) is 31.9 Å². The maximum atomic E-state index is 12.5. The van der Waals surface area contributed by atoms with Gasteiger partial charge in [-0.15, -0.1) is 0 Å². The standard InChI is InChI=1S/C15H22F3N3O2/c1-14(2,3)11-9-19-12(23-11)10-20-5-4-6-21(8-7-20)13(22)15(16,17)18/h9H,4-8,10H2,1-3H3. The van der Waals surface area contributed by atoms with Crippen molar-refractivity contribution in [1.82, 2.24) is 14.8 Å². The van der Waals surface area contributed by atoms with Gasteiger partial charge in [0.1, 0.15) is 5.76 Å². The van der Waals surface area contributed by atoms with Crippen LogP contribution in [0.5, 0.6) is 0 Å². The lowest BCUT2D eigenvalue weighted by Gasteiger charge is -2.22. The van der Waals surface area contributed by atoms with E-state index >= 15 is 0 Å². The number of nitrogens with zero attached hydrogens (tertiary/aromatic N) is 3. The first-order valence-electron chi connectivity index (χ1n) is 7.61. The molecule has 0 aromatic carbocycles. The van der Waals surface area contributed by atoms with Crippen molar-refractivity contribution >= 4 is 5.91 Å². The maximum absolute atomic E-state index is 12.5. The Kier molecular flexibility index (Phi) is 5.03. The van der Waals surface area contributed by atoms with Crippen LogP contribution in [0, 0.1) is 0 Å². The van der Waals surface area contributed by atoms with Crippen molar-refractivity contribution in [2.45, 2.75) is 45.3 Å². The number of oxazole rings is 1. The molecule has 23 heavy (non-hydrogen) atoms. The van der Waals surface area contributed by atoms with E-state index in [1.807, 2.05) is 25.7 Å². The molecule has 0 bridgehead atoms. The molecule has 2 rings (SSSR count). The number of hydrogen-bond donors (Lipinski definition) is 0. The minimum Gasteiger partial charge on any atom is -0.444 e. The fourth-order valence-corrected chi connectivity index (χ4v) is 2.43. The van der Waals surface area contributed by atoms with Gasteiger partial charge in [-0.3, -0.25) is 9.69 Å². The minimum atomic E-state index is -4.81. The van der Waals surface area contributed by atoms with Gasteiger partial charge in [0.05, 0.1) is 12.7 Å². The molecule has 2 heterocycles. The van der Waals surface area contributed by atoms with Crippen LogP contribution in [0.2, 0.25) is 0 Å². The molecule has 0 atom stereocenters. The molecular weight excluding hydrogens is 311 g/mol. The van der Waals surface area contributed by atoms with Crippen molar-refractivity contribution in [2.75, 3.05) is 26.2 Å². The van der Waals surface area contributed by atoms with Crippen LogP contribution in [0.1, 0.15) is 38.8 Å². The SMILES string of the molecule is CC(C)(C)c1cnc(CN2CCCN(C(=O)C(F)(F)F)CC2)o1. The fraction of sp³-hybridized carbons (Fsp3) is 0.733. The van der Waals surface area contributed by atoms with Gasteiger partial charge in [-0.2, -0.15) is 13.2 Å². The summed E-state index contributed by atoms with van der Waals surface area (Å²) < 4.78 is 43.2. The number of rotatable bonds is 2. The number of amides is 1. The van der Waals surface area contributed by atoms with Crippen molar-refractivity contribution in [3.05, 3.63) is 17.8 Å². The van der Waals surface area contributed by atoms with Gasteiger partial charge in [0.25, 0.3) is 0 Å². The van der Waals surface area contributed by atoms with E-state index in [-0.39, 0.29) is 18.5 Å². The summed E-state index contributed by atoms with van der Waals surface area (Å²) in [6.07, 6.45) is -2.62. The van der Waals surface area contributed by atoms with Crippen LogP contribution in [-0.2, 0) is 16.8 Å². The summed E-state index contributed by atoms with van der Waals surface area (Å²) in [5, 5.41) is 0. The highest BCUT2D eigenvalue weighted by atomic mass is 19.4. The van der Waals surface area contributed by atoms with Crippen LogP contribution in [0.3, 0.4) is 0 Å². The van der Waals surface area contributed by atoms with Crippen LogP contribution < -0.4 is 0 Å². The van der Waals surface area contributed by atoms with Gasteiger partial charge in [-0.25, -0.2) is 4.98 Å². The summed E-state index contributed by atoms with van der Waals surface area (Å²) in [6.45, 7) is 7.64. The first-order chi connectivity index (χ1) is 10.6. The molecule has 130 valence electrons. The van der Waals surface area contributed by atoms with E-state index < -0.39 is 12.1 Å². The Morgan fingerprint density at radius 2 is 1.91 bits per heavy atom. The Labute approximate surface area is 133 Å². The lowest BCUT2D eigenvalue weighted by Crippen LogP contribution is -2.43. The number of aromatic nitrogens is 1. The van der Waals surface area contributed by atoms with E-state index in [1.54, 1.807) is 6.20 Å². The summed E-state index contributed by atoms with van der Waals surface area (Å²) in [4.78, 5) is 18.4. The third kappa shape index (κ3) is 4.70. The summed E-state index contributed by atoms with van der Waals surface area (Å²) in [5.41, 5.74) is -0.139. The molecule has 1 aliphatic rings. The van der Waals surface area contributed by atoms with Crippen molar-refractivity contribution in [2.24, 2.45) is 0 Å². The molecule has 0 saturated carbocycles. The number of carbonyl (C=O) groups is 1. The van der Waals surface area contributed by atoms with E-state index in [2.05, 4.69) is 4.98 Å². The topological polar surface area (TPSA) is 49.6 Å². The maximum Gasteiger partial charge on any atom is 0.471 e. The molecule has 1 saturated heterocycles. The number of hydrogen-bond acceptors (Lipinski definition) is 4. The molecule has 1 aromatic heterocycles. The van der Waals surface area contributed by atoms with Crippen LogP contribution >= 0.6 is 0 Å². The second-order valence-electron chi connectivity index (χ2n) is 6.79. The van der Waals surface area contributed by atoms with Crippen LogP contribution in [0.4, 0.5) is 13.2 Å². The average Bonchev–Trinajstić information content (AvgIpc) is 2.77. The van der Waals surface area contributed by atoms with E-state index in [0.717, 1.165) is 10.7 Å². The van der Waals surface area contributed by atoms with E-state index in [4.69, 9.17) is 4.42 Å². The highest BCUT2D eigenvalue weighted by Crippen LogP contribution is 2.23. The zero-order valence-corrected chi connectivity index (χ0v) is 13.6. The average molecular weight is 333 g/mol. The largest absolute Gasteiger partial charge is 0.471 e. The first-order valence-corrected chi connectivity index (χ1v) is 7.61. The molecule has 0 radical (unpaired) electrons. The van der Waals surface area contributed by atoms with Crippen LogP contribution in [0.15, 0.2) is 10.6 Å². The smallest absolute Gasteiger partial charge is 0.444 e. The Bertz CT molecular complexity index is 549. The number of carbonyl (C=O) groups excluding carboxylic acids is 1. The molecule has 0 spiro atoms. The van der Waals surface area contributed by atoms with Gasteiger partial charge in [0, 0.05) is 31.6 Å². The summed E-state index contributed by atoms with van der Waals surface area (Å²) in [5.74, 6) is -0.438. The van der Waals surface area contributed by atoms with Crippen molar-refractivity contribution < 1.29 is 22.4 Å². The molecule has 0 N–H and O–H groups in total. The Morgan fingerprint density at radius 3 is 2.48 bits per heavy atom. The molecule has 8 heteroatoms. The van der Waals surface area contributed by atoms with Crippen LogP contribution in [0.25, 0.3) is 0 Å². The van der Waals surface area contributed by atoms with Gasteiger partial charge < -0.3 is 9.32 Å². The highest BCUT2D eigenvalue weighted by molar-refractivity contribution is 5.81. The number of halogens is 3. The lowest BCUT2D eigenvalue weighted by atomic mass is 9.94. The summed E-state index contributed by atoms with van der Waals surface area (Å²) in [7, 11) is 0. The van der Waals surface area contributed by atoms with Gasteiger partial charge in [-0.05, 0) is 6.42 Å². The van der Waals surface area contributed by atoms with Gasteiger partial charge in [-0.1, -0.05) is 20.8 Å². The number of alkyl halides is 3. The zero-order valence-electron chi connectivity index (χ0n) is 13.6. The van der Waals surface area contributed by atoms with E-state index in [1.165, 1.54) is 0 Å². The second-order valence-corrected chi connectivity index (χ2v) is 6.79. The normalized spacial score (nSPS) is 18.1. The molecule has 1 fully saturated rings. The van der Waals surface area contributed by atoms with Crippen molar-refractivity contribution in [3.63, 3.8) is 0 Å². The molecular formula is C15H22F3N3O2. The second kappa shape index (κ2) is 6.51. The first kappa shape index (κ1) is 17.8. The molecule has 1 aromatic rings. The fourth-order valence-electron chi connectivity index (χ4n) is 2.43. The van der Waals surface area contributed by atoms with Gasteiger partial charge in [0.2, 0.25) is 5.89 Å². The Morgan fingerprint density at radius 1 is 1.22 bits per heavy atom. The highest BCUT2D eigenvalue weighted by Gasteiger charge is 2.42. The molecule has 5 nitrogen and oxygen atoms in total. The third-order valence-corrected chi connectivity index (χ3v) is 3.77. The summed E-state index contributed by atoms with van der Waals surface area (Å²) in [6, 6.07) is 0. The third-order valence-electron chi connectivity index (χ3n) is 3.77. The summed E-state index contributed by atoms with van der Waals surface area (Å²) >= 11 is 0. The van der Waals surface area contributed by atoms with E-state index in [9.17, 15) is 18.0 Å². The van der Waals surface area contributed by atoms with Crippen molar-refractivity contribution in [1.29, 1.82) is 0 Å². The van der Waals surface area contributed by atoms with Crippen molar-refractivity contribution in [3.8, 4) is 0 Å². The van der Waals surface area contributed by atoms with Gasteiger partial charge in [0.15, 0.2) is 0 Å². The minimum absolute atomic E-state index is 0.0607. The zero-order chi connectivity index (χ0) is 17.3. The monoisotopic (exact) mass is 333 g/mol. The lowest BCUT2D eigenvalue weighted by molar-refractivity contribution is -0.185. The van der Waals surface area contributed by atoms with Gasteiger partial charge >= 0.3 is 12.1 Å². The molecule has 0 aliphatic carbocycles. The predicted octanol–water partition coefficient (Wildman–Crippen LogP) is 2.57. The molecule has 1 aliphatic heterocycles. The molecule has 1 amide bonds. The Balaban J connectivity index is 1.94. The Hall–Kier alpha value is -1.57. The quantitative estimate of drug-likeness (QED) is 0.835. The van der Waals surface area contributed by atoms with Crippen LogP contribution in [-0.4, -0.2) is 53.0 Å². The predicted molar refractivity (Wildman–Crippen MR) is 77.7 cm³/mol.